The molecule has 0 aliphatic heterocycles. The molecule has 0 bridgehead atoms. The van der Waals surface area contributed by atoms with Gasteiger partial charge in [-0.2, -0.15) is 0 Å². The smallest absolute Gasteiger partial charge is 0.0717 e. The summed E-state index contributed by atoms with van der Waals surface area (Å²) in [5.41, 5.74) is 1.30. The van der Waals surface area contributed by atoms with E-state index in [2.05, 4.69) is 29.8 Å². The quantitative estimate of drug-likeness (QED) is 0.736. The van der Waals surface area contributed by atoms with Crippen LogP contribution in [0.3, 0.4) is 0 Å². The van der Waals surface area contributed by atoms with Crippen molar-refractivity contribution in [2.75, 3.05) is 11.9 Å². The van der Waals surface area contributed by atoms with E-state index in [1.54, 1.807) is 0 Å². The molecule has 0 saturated heterocycles. The van der Waals surface area contributed by atoms with E-state index in [1.807, 2.05) is 24.3 Å². The van der Waals surface area contributed by atoms with Crippen LogP contribution in [0.25, 0.3) is 0 Å². The Morgan fingerprint density at radius 3 is 2.73 bits per heavy atom. The molecule has 84 valence electrons. The van der Waals surface area contributed by atoms with Crippen molar-refractivity contribution in [1.29, 1.82) is 0 Å². The fourth-order valence-corrected chi connectivity index (χ4v) is 1.49. The molecule has 0 amide bonds. The molecule has 0 saturated carbocycles. The van der Waals surface area contributed by atoms with Gasteiger partial charge in [-0.15, -0.1) is 0 Å². The molecule has 1 nitrogen and oxygen atoms in total. The van der Waals surface area contributed by atoms with Crippen molar-refractivity contribution < 1.29 is 4.74 Å². The molecule has 1 aromatic rings. The zero-order valence-corrected chi connectivity index (χ0v) is 11.4. The predicted molar refractivity (Wildman–Crippen MR) is 68.7 cm³/mol. The third-order valence-electron chi connectivity index (χ3n) is 2.01. The summed E-state index contributed by atoms with van der Waals surface area (Å²) >= 11 is 9.35. The van der Waals surface area contributed by atoms with E-state index in [1.165, 1.54) is 0 Å². The lowest BCUT2D eigenvalue weighted by molar-refractivity contribution is 0.0625. The van der Waals surface area contributed by atoms with Gasteiger partial charge in [0.1, 0.15) is 0 Å². The number of rotatable bonds is 5. The maximum Gasteiger partial charge on any atom is 0.0717 e. The Kier molecular flexibility index (Phi) is 5.10. The molecule has 0 fully saturated rings. The lowest BCUT2D eigenvalue weighted by Gasteiger charge is -2.21. The highest BCUT2D eigenvalue weighted by Gasteiger charge is 2.15. The van der Waals surface area contributed by atoms with Gasteiger partial charge in [-0.05, 0) is 23.1 Å². The second-order valence-electron chi connectivity index (χ2n) is 4.42. The molecular weight excluding hydrogens is 275 g/mol. The van der Waals surface area contributed by atoms with Gasteiger partial charge in [-0.1, -0.05) is 53.5 Å². The fraction of sp³-hybridized carbons (Fsp3) is 0.500. The van der Waals surface area contributed by atoms with E-state index in [0.717, 1.165) is 22.5 Å². The highest BCUT2D eigenvalue weighted by molar-refractivity contribution is 9.09. The highest BCUT2D eigenvalue weighted by atomic mass is 79.9. The van der Waals surface area contributed by atoms with Gasteiger partial charge in [0.2, 0.25) is 0 Å². The van der Waals surface area contributed by atoms with Crippen molar-refractivity contribution >= 4 is 27.5 Å². The highest BCUT2D eigenvalue weighted by Crippen LogP contribution is 2.19. The third-order valence-corrected chi connectivity index (χ3v) is 3.77. The Hall–Kier alpha value is -0.0500. The van der Waals surface area contributed by atoms with Crippen LogP contribution in [0.1, 0.15) is 19.4 Å². The van der Waals surface area contributed by atoms with Crippen LogP contribution >= 0.6 is 27.5 Å². The molecule has 0 heterocycles. The first-order valence-corrected chi connectivity index (χ1v) is 6.42. The summed E-state index contributed by atoms with van der Waals surface area (Å²) < 4.78 is 5.64. The van der Waals surface area contributed by atoms with E-state index < -0.39 is 0 Å². The molecule has 15 heavy (non-hydrogen) atoms. The minimum atomic E-state index is 0.179. The van der Waals surface area contributed by atoms with Crippen molar-refractivity contribution in [2.45, 2.75) is 20.5 Å². The van der Waals surface area contributed by atoms with Gasteiger partial charge in [0.15, 0.2) is 0 Å². The van der Waals surface area contributed by atoms with Crippen LogP contribution in [-0.2, 0) is 11.3 Å². The summed E-state index contributed by atoms with van der Waals surface area (Å²) in [5.74, 6) is 0. The number of alkyl halides is 1. The van der Waals surface area contributed by atoms with E-state index in [4.69, 9.17) is 16.3 Å². The van der Waals surface area contributed by atoms with Crippen LogP contribution in [0.5, 0.6) is 0 Å². The van der Waals surface area contributed by atoms with Gasteiger partial charge in [0, 0.05) is 10.4 Å². The summed E-state index contributed by atoms with van der Waals surface area (Å²) in [4.78, 5) is 0. The van der Waals surface area contributed by atoms with Gasteiger partial charge in [0.25, 0.3) is 0 Å². The second kappa shape index (κ2) is 5.88. The zero-order valence-electron chi connectivity index (χ0n) is 9.09. The monoisotopic (exact) mass is 290 g/mol. The summed E-state index contributed by atoms with van der Waals surface area (Å²) in [6.45, 7) is 5.70. The van der Waals surface area contributed by atoms with E-state index in [-0.39, 0.29) is 5.41 Å². The van der Waals surface area contributed by atoms with Crippen molar-refractivity contribution in [1.82, 2.24) is 0 Å². The van der Waals surface area contributed by atoms with Gasteiger partial charge in [-0.3, -0.25) is 0 Å². The van der Waals surface area contributed by atoms with Crippen LogP contribution in [-0.4, -0.2) is 11.9 Å². The second-order valence-corrected chi connectivity index (χ2v) is 5.42. The molecule has 0 aliphatic rings. The SMILES string of the molecule is CC(C)(CBr)COCc1cccc(Cl)c1. The molecule has 0 unspecified atom stereocenters. The van der Waals surface area contributed by atoms with Crippen molar-refractivity contribution in [3.05, 3.63) is 34.9 Å². The van der Waals surface area contributed by atoms with Crippen LogP contribution in [0.2, 0.25) is 5.02 Å². The van der Waals surface area contributed by atoms with Crippen LogP contribution in [0.4, 0.5) is 0 Å². The molecule has 0 aliphatic carbocycles. The average molecular weight is 292 g/mol. The minimum Gasteiger partial charge on any atom is -0.376 e. The van der Waals surface area contributed by atoms with Crippen molar-refractivity contribution in [3.8, 4) is 0 Å². The lowest BCUT2D eigenvalue weighted by Crippen LogP contribution is -2.20. The zero-order chi connectivity index (χ0) is 11.3. The van der Waals surface area contributed by atoms with Crippen LogP contribution in [0.15, 0.2) is 24.3 Å². The first-order chi connectivity index (χ1) is 7.03. The molecule has 0 radical (unpaired) electrons. The topological polar surface area (TPSA) is 9.23 Å². The maximum atomic E-state index is 5.88. The molecule has 0 N–H and O–H groups in total. The Labute approximate surface area is 105 Å². The number of ether oxygens (including phenoxy) is 1. The standard InChI is InChI=1S/C12H16BrClO/c1-12(2,8-13)9-15-7-10-4-3-5-11(14)6-10/h3-6H,7-9H2,1-2H3. The summed E-state index contributed by atoms with van der Waals surface area (Å²) in [5, 5.41) is 1.70. The summed E-state index contributed by atoms with van der Waals surface area (Å²) in [6.07, 6.45) is 0. The number of benzene rings is 1. The summed E-state index contributed by atoms with van der Waals surface area (Å²) in [7, 11) is 0. The van der Waals surface area contributed by atoms with Gasteiger partial charge in [-0.25, -0.2) is 0 Å². The normalized spacial score (nSPS) is 11.7. The van der Waals surface area contributed by atoms with E-state index in [0.29, 0.717) is 6.61 Å². The molecule has 0 spiro atoms. The Bertz CT molecular complexity index is 312. The maximum absolute atomic E-state index is 5.88. The Morgan fingerprint density at radius 2 is 2.13 bits per heavy atom. The van der Waals surface area contributed by atoms with Gasteiger partial charge < -0.3 is 4.74 Å². The molecule has 0 atom stereocenters. The van der Waals surface area contributed by atoms with Crippen LogP contribution < -0.4 is 0 Å². The first kappa shape index (κ1) is 13.0. The Morgan fingerprint density at radius 1 is 1.40 bits per heavy atom. The largest absolute Gasteiger partial charge is 0.376 e. The van der Waals surface area contributed by atoms with Gasteiger partial charge >= 0.3 is 0 Å². The van der Waals surface area contributed by atoms with Crippen molar-refractivity contribution in [3.63, 3.8) is 0 Å². The van der Waals surface area contributed by atoms with Crippen LogP contribution in [0, 0.1) is 5.41 Å². The number of hydrogen-bond donors (Lipinski definition) is 0. The lowest BCUT2D eigenvalue weighted by atomic mass is 9.98. The van der Waals surface area contributed by atoms with Crippen molar-refractivity contribution in [2.24, 2.45) is 5.41 Å². The van der Waals surface area contributed by atoms with Gasteiger partial charge in [0.05, 0.1) is 13.2 Å². The first-order valence-electron chi connectivity index (χ1n) is 4.92. The molecule has 0 aromatic heterocycles. The average Bonchev–Trinajstić information content (AvgIpc) is 2.18. The summed E-state index contributed by atoms with van der Waals surface area (Å²) in [6, 6.07) is 7.76. The molecule has 3 heteroatoms. The van der Waals surface area contributed by atoms with E-state index >= 15 is 0 Å². The number of halogens is 2. The predicted octanol–water partition coefficient (Wildman–Crippen LogP) is 4.28. The molecule has 1 aromatic carbocycles. The molecular formula is C12H16BrClO. The Balaban J connectivity index is 2.38. The molecule has 1 rings (SSSR count). The fourth-order valence-electron chi connectivity index (χ4n) is 1.11. The minimum absolute atomic E-state index is 0.179. The third kappa shape index (κ3) is 5.01. The van der Waals surface area contributed by atoms with E-state index in [9.17, 15) is 0 Å². The number of hydrogen-bond acceptors (Lipinski definition) is 1.